The number of hydrogen-bond acceptors (Lipinski definition) is 3. The van der Waals surface area contributed by atoms with E-state index in [1.165, 1.54) is 11.5 Å². The molecule has 1 aromatic carbocycles. The maximum atomic E-state index is 11.9. The summed E-state index contributed by atoms with van der Waals surface area (Å²) in [6.07, 6.45) is 0. The zero-order valence-electron chi connectivity index (χ0n) is 8.17. The highest BCUT2D eigenvalue weighted by Crippen LogP contribution is 2.17. The van der Waals surface area contributed by atoms with Gasteiger partial charge in [0, 0.05) is 6.54 Å². The lowest BCUT2D eigenvalue weighted by Crippen LogP contribution is -2.17. The van der Waals surface area contributed by atoms with Gasteiger partial charge in [0.2, 0.25) is 4.96 Å². The van der Waals surface area contributed by atoms with E-state index >= 15 is 0 Å². The van der Waals surface area contributed by atoms with Crippen molar-refractivity contribution < 1.29 is 0 Å². The van der Waals surface area contributed by atoms with E-state index in [9.17, 15) is 4.79 Å². The fourth-order valence-corrected chi connectivity index (χ4v) is 2.58. The van der Waals surface area contributed by atoms with Crippen LogP contribution in [0.1, 0.15) is 6.92 Å². The SMILES string of the molecule is CCn1sc2nc3ccccc3n2c1=O. The Morgan fingerprint density at radius 1 is 1.40 bits per heavy atom. The summed E-state index contributed by atoms with van der Waals surface area (Å²) in [5.41, 5.74) is 1.77. The average molecular weight is 219 g/mol. The highest BCUT2D eigenvalue weighted by Gasteiger charge is 2.11. The standard InChI is InChI=1S/C10H9N3OS/c1-2-12-10(14)13-8-6-4-3-5-7(8)11-9(13)15-12/h3-6H,2H2,1H3. The second-order valence-electron chi connectivity index (χ2n) is 3.29. The molecule has 76 valence electrons. The van der Waals surface area contributed by atoms with Crippen LogP contribution in [0.4, 0.5) is 0 Å². The molecule has 0 fully saturated rings. The van der Waals surface area contributed by atoms with Gasteiger partial charge in [0.25, 0.3) is 0 Å². The topological polar surface area (TPSA) is 39.3 Å². The molecule has 0 saturated carbocycles. The fraction of sp³-hybridized carbons (Fsp3) is 0.200. The molecule has 0 radical (unpaired) electrons. The minimum atomic E-state index is 0.00574. The van der Waals surface area contributed by atoms with Gasteiger partial charge in [-0.15, -0.1) is 0 Å². The lowest BCUT2D eigenvalue weighted by Gasteiger charge is -1.90. The molecule has 0 atom stereocenters. The number of nitrogens with zero attached hydrogens (tertiary/aromatic N) is 3. The largest absolute Gasteiger partial charge is 0.344 e. The van der Waals surface area contributed by atoms with Crippen LogP contribution in [0, 0.1) is 0 Å². The van der Waals surface area contributed by atoms with Crippen molar-refractivity contribution in [1.29, 1.82) is 0 Å². The predicted molar refractivity (Wildman–Crippen MR) is 60.5 cm³/mol. The van der Waals surface area contributed by atoms with Crippen LogP contribution < -0.4 is 5.69 Å². The number of aromatic nitrogens is 3. The molecule has 0 aliphatic heterocycles. The van der Waals surface area contributed by atoms with Gasteiger partial charge in [0.05, 0.1) is 11.0 Å². The number of rotatable bonds is 1. The molecule has 2 heterocycles. The number of benzene rings is 1. The number of aryl methyl sites for hydroxylation is 1. The third kappa shape index (κ3) is 1.07. The van der Waals surface area contributed by atoms with Crippen LogP contribution in [-0.4, -0.2) is 13.3 Å². The molecule has 3 rings (SSSR count). The second kappa shape index (κ2) is 2.93. The molecule has 0 bridgehead atoms. The molecule has 0 unspecified atom stereocenters. The van der Waals surface area contributed by atoms with Crippen LogP contribution in [0.15, 0.2) is 29.1 Å². The maximum absolute atomic E-state index is 11.9. The zero-order chi connectivity index (χ0) is 10.4. The first-order valence-electron chi connectivity index (χ1n) is 4.78. The summed E-state index contributed by atoms with van der Waals surface area (Å²) >= 11 is 1.41. The van der Waals surface area contributed by atoms with Gasteiger partial charge in [-0.3, -0.25) is 0 Å². The molecule has 3 aromatic rings. The van der Waals surface area contributed by atoms with Gasteiger partial charge >= 0.3 is 5.69 Å². The van der Waals surface area contributed by atoms with Crippen LogP contribution in [-0.2, 0) is 6.54 Å². The normalized spacial score (nSPS) is 11.5. The van der Waals surface area contributed by atoms with Crippen molar-refractivity contribution in [3.05, 3.63) is 34.7 Å². The first-order valence-corrected chi connectivity index (χ1v) is 5.56. The van der Waals surface area contributed by atoms with Crippen molar-refractivity contribution in [1.82, 2.24) is 13.3 Å². The van der Waals surface area contributed by atoms with Crippen molar-refractivity contribution in [2.75, 3.05) is 0 Å². The van der Waals surface area contributed by atoms with Gasteiger partial charge in [-0.2, -0.15) is 0 Å². The number of para-hydroxylation sites is 2. The smallest absolute Gasteiger partial charge is 0.246 e. The third-order valence-electron chi connectivity index (χ3n) is 2.41. The highest BCUT2D eigenvalue weighted by molar-refractivity contribution is 7.11. The van der Waals surface area contributed by atoms with Gasteiger partial charge in [-0.05, 0) is 30.6 Å². The van der Waals surface area contributed by atoms with Crippen LogP contribution >= 0.6 is 11.5 Å². The maximum Gasteiger partial charge on any atom is 0.344 e. The molecule has 2 aromatic heterocycles. The fourth-order valence-electron chi connectivity index (χ4n) is 1.70. The summed E-state index contributed by atoms with van der Waals surface area (Å²) in [5, 5.41) is 0. The van der Waals surface area contributed by atoms with Gasteiger partial charge in [-0.25, -0.2) is 18.1 Å². The summed E-state index contributed by atoms with van der Waals surface area (Å²) in [5.74, 6) is 0. The Balaban J connectivity index is 2.57. The van der Waals surface area contributed by atoms with Crippen LogP contribution in [0.25, 0.3) is 16.0 Å². The van der Waals surface area contributed by atoms with Crippen LogP contribution in [0.3, 0.4) is 0 Å². The van der Waals surface area contributed by atoms with E-state index in [1.54, 1.807) is 8.36 Å². The van der Waals surface area contributed by atoms with Crippen LogP contribution in [0.2, 0.25) is 0 Å². The minimum Gasteiger partial charge on any atom is -0.246 e. The molecule has 5 heteroatoms. The number of fused-ring (bicyclic) bond motifs is 3. The van der Waals surface area contributed by atoms with Gasteiger partial charge in [0.15, 0.2) is 0 Å². The molecule has 0 aliphatic rings. The Morgan fingerprint density at radius 2 is 2.20 bits per heavy atom. The quantitative estimate of drug-likeness (QED) is 0.625. The molecule has 15 heavy (non-hydrogen) atoms. The Kier molecular flexibility index (Phi) is 1.70. The van der Waals surface area contributed by atoms with Gasteiger partial charge in [0.1, 0.15) is 0 Å². The summed E-state index contributed by atoms with van der Waals surface area (Å²) in [4.78, 5) is 17.1. The van der Waals surface area contributed by atoms with E-state index in [4.69, 9.17) is 0 Å². The van der Waals surface area contributed by atoms with Crippen molar-refractivity contribution in [3.8, 4) is 0 Å². The monoisotopic (exact) mass is 219 g/mol. The van der Waals surface area contributed by atoms with E-state index < -0.39 is 0 Å². The summed E-state index contributed by atoms with van der Waals surface area (Å²) < 4.78 is 3.37. The van der Waals surface area contributed by atoms with Crippen molar-refractivity contribution in [3.63, 3.8) is 0 Å². The van der Waals surface area contributed by atoms with E-state index in [1.807, 2.05) is 31.2 Å². The Morgan fingerprint density at radius 3 is 3.00 bits per heavy atom. The first-order chi connectivity index (χ1) is 7.31. The molecule has 0 aliphatic carbocycles. The van der Waals surface area contributed by atoms with Gasteiger partial charge in [-0.1, -0.05) is 12.1 Å². The van der Waals surface area contributed by atoms with E-state index in [-0.39, 0.29) is 5.69 Å². The van der Waals surface area contributed by atoms with Crippen molar-refractivity contribution in [2.45, 2.75) is 13.5 Å². The molecule has 0 saturated heterocycles. The zero-order valence-corrected chi connectivity index (χ0v) is 8.99. The minimum absolute atomic E-state index is 0.00574. The van der Waals surface area contributed by atoms with Gasteiger partial charge < -0.3 is 0 Å². The molecular formula is C10H9N3OS. The lowest BCUT2D eigenvalue weighted by molar-refractivity contribution is 0.777. The Bertz CT molecular complexity index is 691. The first kappa shape index (κ1) is 8.67. The van der Waals surface area contributed by atoms with Crippen molar-refractivity contribution >= 4 is 27.5 Å². The second-order valence-corrected chi connectivity index (χ2v) is 4.28. The third-order valence-corrected chi connectivity index (χ3v) is 3.49. The van der Waals surface area contributed by atoms with E-state index in [0.29, 0.717) is 6.54 Å². The molecular weight excluding hydrogens is 210 g/mol. The highest BCUT2D eigenvalue weighted by atomic mass is 32.1. The molecule has 4 nitrogen and oxygen atoms in total. The number of hydrogen-bond donors (Lipinski definition) is 0. The summed E-state index contributed by atoms with van der Waals surface area (Å²) in [6.45, 7) is 2.65. The van der Waals surface area contributed by atoms with E-state index in [0.717, 1.165) is 16.0 Å². The molecule has 0 spiro atoms. The average Bonchev–Trinajstić information content (AvgIpc) is 2.75. The summed E-state index contributed by atoms with van der Waals surface area (Å²) in [7, 11) is 0. The molecule has 0 amide bonds. The van der Waals surface area contributed by atoms with E-state index in [2.05, 4.69) is 4.98 Å². The molecule has 0 N–H and O–H groups in total. The lowest BCUT2D eigenvalue weighted by atomic mass is 10.3. The Hall–Kier alpha value is -1.62. The Labute approximate surface area is 89.6 Å². The predicted octanol–water partition coefficient (Wildman–Crippen LogP) is 1.73. The van der Waals surface area contributed by atoms with Crippen molar-refractivity contribution in [2.24, 2.45) is 0 Å². The number of imidazole rings is 1. The van der Waals surface area contributed by atoms with Crippen LogP contribution in [0.5, 0.6) is 0 Å². The summed E-state index contributed by atoms with van der Waals surface area (Å²) in [6, 6.07) is 7.69.